The minimum atomic E-state index is -0.535. The molecular weight excluding hydrogens is 358 g/mol. The standard InChI is InChI=1S/C22H25NO5/c1-15(24)11-23(12-16-8-9-20(26-2)21(10-16)27-3)13-17-14-28-19-7-5-4-6-18(19)22(17)25/h4-10,14-15,24H,11-13H2,1-3H3/t15-/m0/s1. The van der Waals surface area contributed by atoms with Crippen molar-refractivity contribution in [2.45, 2.75) is 26.1 Å². The van der Waals surface area contributed by atoms with Gasteiger partial charge in [0.1, 0.15) is 5.58 Å². The number of para-hydroxylation sites is 1. The van der Waals surface area contributed by atoms with Gasteiger partial charge in [-0.25, -0.2) is 0 Å². The normalized spacial score (nSPS) is 12.3. The lowest BCUT2D eigenvalue weighted by atomic mass is 10.1. The van der Waals surface area contributed by atoms with Crippen molar-refractivity contribution >= 4 is 11.0 Å². The summed E-state index contributed by atoms with van der Waals surface area (Å²) in [6.07, 6.45) is 0.974. The Hall–Kier alpha value is -2.83. The van der Waals surface area contributed by atoms with Crippen molar-refractivity contribution in [3.8, 4) is 11.5 Å². The lowest BCUT2D eigenvalue weighted by Crippen LogP contribution is -2.32. The number of hydrogen-bond donors (Lipinski definition) is 1. The van der Waals surface area contributed by atoms with Crippen molar-refractivity contribution < 1.29 is 19.0 Å². The molecule has 0 bridgehead atoms. The van der Waals surface area contributed by atoms with Crippen LogP contribution in [0.25, 0.3) is 11.0 Å². The average molecular weight is 383 g/mol. The van der Waals surface area contributed by atoms with Crippen LogP contribution in [0, 0.1) is 0 Å². The highest BCUT2D eigenvalue weighted by molar-refractivity contribution is 5.76. The topological polar surface area (TPSA) is 72.1 Å². The monoisotopic (exact) mass is 383 g/mol. The Morgan fingerprint density at radius 2 is 1.82 bits per heavy atom. The summed E-state index contributed by atoms with van der Waals surface area (Å²) >= 11 is 0. The minimum absolute atomic E-state index is 0.0512. The van der Waals surface area contributed by atoms with E-state index in [1.807, 2.05) is 35.2 Å². The van der Waals surface area contributed by atoms with Crippen LogP contribution in [0.2, 0.25) is 0 Å². The summed E-state index contributed by atoms with van der Waals surface area (Å²) in [7, 11) is 3.19. The Morgan fingerprint density at radius 1 is 1.07 bits per heavy atom. The number of rotatable bonds is 8. The maximum absolute atomic E-state index is 12.8. The predicted molar refractivity (Wildman–Crippen MR) is 108 cm³/mol. The lowest BCUT2D eigenvalue weighted by Gasteiger charge is -2.24. The fourth-order valence-electron chi connectivity index (χ4n) is 3.26. The third-order valence-electron chi connectivity index (χ3n) is 4.52. The van der Waals surface area contributed by atoms with Gasteiger partial charge in [0.15, 0.2) is 16.9 Å². The first-order chi connectivity index (χ1) is 13.5. The Balaban J connectivity index is 1.87. The molecule has 0 amide bonds. The molecule has 28 heavy (non-hydrogen) atoms. The first-order valence-electron chi connectivity index (χ1n) is 9.12. The third kappa shape index (κ3) is 4.52. The number of nitrogens with zero attached hydrogens (tertiary/aromatic N) is 1. The van der Waals surface area contributed by atoms with Gasteiger partial charge < -0.3 is 19.0 Å². The Bertz CT molecular complexity index is 996. The molecule has 6 heteroatoms. The molecule has 0 radical (unpaired) electrons. The summed E-state index contributed by atoms with van der Waals surface area (Å²) in [6.45, 7) is 3.05. The zero-order chi connectivity index (χ0) is 20.1. The first kappa shape index (κ1) is 19.9. The van der Waals surface area contributed by atoms with Crippen molar-refractivity contribution in [3.63, 3.8) is 0 Å². The maximum atomic E-state index is 12.8. The molecule has 6 nitrogen and oxygen atoms in total. The molecular formula is C22H25NO5. The Kier molecular flexibility index (Phi) is 6.34. The molecule has 0 unspecified atom stereocenters. The van der Waals surface area contributed by atoms with Crippen LogP contribution in [-0.4, -0.2) is 36.9 Å². The van der Waals surface area contributed by atoms with Crippen LogP contribution >= 0.6 is 0 Å². The van der Waals surface area contributed by atoms with Gasteiger partial charge in [-0.3, -0.25) is 9.69 Å². The minimum Gasteiger partial charge on any atom is -0.493 e. The van der Waals surface area contributed by atoms with E-state index in [0.717, 1.165) is 5.56 Å². The summed E-state index contributed by atoms with van der Waals surface area (Å²) < 4.78 is 16.3. The molecule has 0 aliphatic heterocycles. The number of benzene rings is 2. The molecule has 1 aromatic heterocycles. The number of hydrogen-bond acceptors (Lipinski definition) is 6. The second-order valence-electron chi connectivity index (χ2n) is 6.79. The van der Waals surface area contributed by atoms with Gasteiger partial charge in [-0.2, -0.15) is 0 Å². The summed E-state index contributed by atoms with van der Waals surface area (Å²) in [5, 5.41) is 10.5. The smallest absolute Gasteiger partial charge is 0.197 e. The molecule has 3 rings (SSSR count). The van der Waals surface area contributed by atoms with Crippen LogP contribution in [0.3, 0.4) is 0 Å². The fraction of sp³-hybridized carbons (Fsp3) is 0.318. The zero-order valence-corrected chi connectivity index (χ0v) is 16.3. The van der Waals surface area contributed by atoms with E-state index in [0.29, 0.717) is 47.7 Å². The summed E-state index contributed by atoms with van der Waals surface area (Å²) in [5.41, 5.74) is 2.06. The van der Waals surface area contributed by atoms with E-state index in [4.69, 9.17) is 13.9 Å². The van der Waals surface area contributed by atoms with Crippen molar-refractivity contribution in [2.75, 3.05) is 20.8 Å². The van der Waals surface area contributed by atoms with Gasteiger partial charge in [-0.05, 0) is 36.8 Å². The molecule has 2 aromatic carbocycles. The van der Waals surface area contributed by atoms with E-state index in [1.165, 1.54) is 6.26 Å². The Labute approximate surface area is 163 Å². The summed E-state index contributed by atoms with van der Waals surface area (Å²) in [4.78, 5) is 14.8. The predicted octanol–water partition coefficient (Wildman–Crippen LogP) is 3.19. The van der Waals surface area contributed by atoms with Gasteiger partial charge in [0.2, 0.25) is 0 Å². The van der Waals surface area contributed by atoms with Crippen molar-refractivity contribution in [1.82, 2.24) is 4.90 Å². The average Bonchev–Trinajstić information content (AvgIpc) is 2.69. The number of fused-ring (bicyclic) bond motifs is 1. The van der Waals surface area contributed by atoms with E-state index < -0.39 is 6.10 Å². The molecule has 1 heterocycles. The van der Waals surface area contributed by atoms with Gasteiger partial charge in [0.25, 0.3) is 0 Å². The highest BCUT2D eigenvalue weighted by atomic mass is 16.5. The fourth-order valence-corrected chi connectivity index (χ4v) is 3.26. The largest absolute Gasteiger partial charge is 0.493 e. The maximum Gasteiger partial charge on any atom is 0.197 e. The van der Waals surface area contributed by atoms with Gasteiger partial charge in [0.05, 0.1) is 32.0 Å². The van der Waals surface area contributed by atoms with E-state index in [-0.39, 0.29) is 5.43 Å². The van der Waals surface area contributed by atoms with Gasteiger partial charge >= 0.3 is 0 Å². The highest BCUT2D eigenvalue weighted by Gasteiger charge is 2.15. The van der Waals surface area contributed by atoms with Crippen molar-refractivity contribution in [2.24, 2.45) is 0 Å². The quantitative estimate of drug-likeness (QED) is 0.644. The number of aliphatic hydroxyl groups is 1. The number of aliphatic hydroxyl groups excluding tert-OH is 1. The molecule has 0 fully saturated rings. The molecule has 0 aliphatic rings. The first-order valence-corrected chi connectivity index (χ1v) is 9.12. The second kappa shape index (κ2) is 8.91. The lowest BCUT2D eigenvalue weighted by molar-refractivity contribution is 0.117. The molecule has 148 valence electrons. The van der Waals surface area contributed by atoms with Crippen LogP contribution in [0.15, 0.2) is 57.9 Å². The van der Waals surface area contributed by atoms with Crippen LogP contribution < -0.4 is 14.9 Å². The molecule has 0 saturated carbocycles. The molecule has 0 spiro atoms. The molecule has 3 aromatic rings. The van der Waals surface area contributed by atoms with E-state index >= 15 is 0 Å². The SMILES string of the molecule is COc1ccc(CN(Cc2coc3ccccc3c2=O)C[C@H](C)O)cc1OC. The zero-order valence-electron chi connectivity index (χ0n) is 16.3. The molecule has 0 saturated heterocycles. The number of ether oxygens (including phenoxy) is 2. The van der Waals surface area contributed by atoms with Crippen molar-refractivity contribution in [1.29, 1.82) is 0 Å². The Morgan fingerprint density at radius 3 is 2.54 bits per heavy atom. The second-order valence-corrected chi connectivity index (χ2v) is 6.79. The van der Waals surface area contributed by atoms with Crippen LogP contribution in [0.4, 0.5) is 0 Å². The molecule has 1 atom stereocenters. The van der Waals surface area contributed by atoms with Crippen LogP contribution in [-0.2, 0) is 13.1 Å². The van der Waals surface area contributed by atoms with Gasteiger partial charge in [-0.15, -0.1) is 0 Å². The van der Waals surface area contributed by atoms with Crippen molar-refractivity contribution in [3.05, 3.63) is 70.1 Å². The number of methoxy groups -OCH3 is 2. The summed E-state index contributed by atoms with van der Waals surface area (Å²) in [5.74, 6) is 1.30. The summed E-state index contributed by atoms with van der Waals surface area (Å²) in [6, 6.07) is 12.9. The van der Waals surface area contributed by atoms with Gasteiger partial charge in [0, 0.05) is 25.2 Å². The van der Waals surface area contributed by atoms with E-state index in [1.54, 1.807) is 33.3 Å². The molecule has 0 aliphatic carbocycles. The van der Waals surface area contributed by atoms with E-state index in [2.05, 4.69) is 0 Å². The van der Waals surface area contributed by atoms with Crippen LogP contribution in [0.5, 0.6) is 11.5 Å². The molecule has 1 N–H and O–H groups in total. The highest BCUT2D eigenvalue weighted by Crippen LogP contribution is 2.28. The van der Waals surface area contributed by atoms with Gasteiger partial charge in [-0.1, -0.05) is 18.2 Å². The van der Waals surface area contributed by atoms with Crippen LogP contribution in [0.1, 0.15) is 18.1 Å². The third-order valence-corrected chi connectivity index (χ3v) is 4.52. The van der Waals surface area contributed by atoms with E-state index in [9.17, 15) is 9.90 Å².